The molecule has 3 heterocycles. The summed E-state index contributed by atoms with van der Waals surface area (Å²) < 4.78 is 5.96. The molecule has 0 spiro atoms. The van der Waals surface area contributed by atoms with Gasteiger partial charge in [0, 0.05) is 18.0 Å². The lowest BCUT2D eigenvalue weighted by molar-refractivity contribution is 0.0512. The van der Waals surface area contributed by atoms with Crippen LogP contribution in [0.2, 0.25) is 0 Å². The Morgan fingerprint density at radius 1 is 1.39 bits per heavy atom. The summed E-state index contributed by atoms with van der Waals surface area (Å²) in [5.74, 6) is -0.0605. The van der Waals surface area contributed by atoms with Gasteiger partial charge < -0.3 is 4.74 Å². The fourth-order valence-electron chi connectivity index (χ4n) is 1.87. The molecule has 3 aromatic heterocycles. The number of aromatic nitrogens is 5. The van der Waals surface area contributed by atoms with Crippen molar-refractivity contribution >= 4 is 23.5 Å². The van der Waals surface area contributed by atoms with E-state index in [2.05, 4.69) is 20.1 Å². The van der Waals surface area contributed by atoms with E-state index in [4.69, 9.17) is 4.74 Å². The van der Waals surface area contributed by atoms with Crippen LogP contribution in [0.3, 0.4) is 0 Å². The summed E-state index contributed by atoms with van der Waals surface area (Å²) in [5, 5.41) is 3.42. The Morgan fingerprint density at radius 3 is 3.00 bits per heavy atom. The minimum atomic E-state index is -0.623. The summed E-state index contributed by atoms with van der Waals surface area (Å²) in [6.45, 7) is 1.92. The molecule has 0 fully saturated rings. The van der Waals surface area contributed by atoms with Gasteiger partial charge in [0.05, 0.1) is 17.3 Å². The van der Waals surface area contributed by atoms with E-state index >= 15 is 0 Å². The molecule has 0 amide bonds. The van der Waals surface area contributed by atoms with Crippen molar-refractivity contribution in [1.29, 1.82) is 0 Å². The van der Waals surface area contributed by atoms with Gasteiger partial charge in [-0.1, -0.05) is 6.07 Å². The van der Waals surface area contributed by atoms with E-state index in [0.29, 0.717) is 11.4 Å². The van der Waals surface area contributed by atoms with Crippen molar-refractivity contribution in [3.63, 3.8) is 0 Å². The van der Waals surface area contributed by atoms with Crippen LogP contribution in [-0.4, -0.2) is 37.1 Å². The van der Waals surface area contributed by atoms with Gasteiger partial charge in [0.1, 0.15) is 0 Å². The molecular formula is C14H13N5O3S. The molecule has 0 aromatic carbocycles. The Bertz CT molecular complexity index is 890. The minimum Gasteiger partial charge on any atom is -0.460 e. The molecule has 0 bridgehead atoms. The average Bonchev–Trinajstić information content (AvgIpc) is 2.99. The van der Waals surface area contributed by atoms with Crippen LogP contribution in [0.25, 0.3) is 5.78 Å². The Balaban J connectivity index is 1.85. The molecule has 0 atom stereocenters. The van der Waals surface area contributed by atoms with Crippen molar-refractivity contribution in [2.75, 3.05) is 6.61 Å². The quantitative estimate of drug-likeness (QED) is 0.555. The number of esters is 1. The number of hydrogen-bond donors (Lipinski definition) is 1. The van der Waals surface area contributed by atoms with E-state index in [1.54, 1.807) is 13.1 Å². The first-order valence-electron chi connectivity index (χ1n) is 6.87. The molecule has 0 radical (unpaired) electrons. The van der Waals surface area contributed by atoms with Crippen molar-refractivity contribution < 1.29 is 9.53 Å². The lowest BCUT2D eigenvalue weighted by Crippen LogP contribution is -2.16. The Labute approximate surface area is 134 Å². The first-order chi connectivity index (χ1) is 11.2. The first-order valence-corrected chi connectivity index (χ1v) is 7.85. The van der Waals surface area contributed by atoms with Crippen LogP contribution >= 0.6 is 11.8 Å². The number of nitrogens with zero attached hydrogens (tertiary/aromatic N) is 4. The normalized spacial score (nSPS) is 10.8. The van der Waals surface area contributed by atoms with Crippen LogP contribution in [0.5, 0.6) is 0 Å². The van der Waals surface area contributed by atoms with E-state index in [9.17, 15) is 9.59 Å². The predicted octanol–water partition coefficient (Wildman–Crippen LogP) is 1.28. The van der Waals surface area contributed by atoms with Crippen LogP contribution in [0.1, 0.15) is 23.2 Å². The highest BCUT2D eigenvalue weighted by molar-refractivity contribution is 7.98. The first kappa shape index (κ1) is 15.2. The van der Waals surface area contributed by atoms with E-state index in [-0.39, 0.29) is 23.8 Å². The van der Waals surface area contributed by atoms with Crippen LogP contribution in [0.4, 0.5) is 0 Å². The zero-order chi connectivity index (χ0) is 16.2. The summed E-state index contributed by atoms with van der Waals surface area (Å²) in [4.78, 5) is 36.2. The number of hydrogen-bond acceptors (Lipinski definition) is 7. The fourth-order valence-corrected chi connectivity index (χ4v) is 2.63. The third-order valence-electron chi connectivity index (χ3n) is 2.86. The standard InChI is InChI=1S/C14H13N5O3S/c1-2-22-13(21)12-17-14-16-9(7-11(20)19(14)18-12)8-23-10-5-3-4-6-15-10/h3-7H,2,8H2,1H3,(H,16,17,18). The van der Waals surface area contributed by atoms with Gasteiger partial charge in [-0.05, 0) is 19.1 Å². The third-order valence-corrected chi connectivity index (χ3v) is 3.84. The topological polar surface area (TPSA) is 102 Å². The highest BCUT2D eigenvalue weighted by Gasteiger charge is 2.15. The zero-order valence-corrected chi connectivity index (χ0v) is 13.0. The van der Waals surface area contributed by atoms with Crippen LogP contribution in [0.15, 0.2) is 40.3 Å². The number of pyridine rings is 1. The second-order valence-corrected chi connectivity index (χ2v) is 5.47. The van der Waals surface area contributed by atoms with E-state index in [1.165, 1.54) is 17.8 Å². The molecule has 1 N–H and O–H groups in total. The van der Waals surface area contributed by atoms with Gasteiger partial charge in [-0.3, -0.25) is 9.89 Å². The lowest BCUT2D eigenvalue weighted by atomic mass is 10.4. The summed E-state index contributed by atoms with van der Waals surface area (Å²) in [6, 6.07) is 7.00. The van der Waals surface area contributed by atoms with Gasteiger partial charge in [-0.15, -0.1) is 11.8 Å². The highest BCUT2D eigenvalue weighted by atomic mass is 32.2. The van der Waals surface area contributed by atoms with Gasteiger partial charge in [0.25, 0.3) is 11.3 Å². The molecule has 0 aliphatic rings. The van der Waals surface area contributed by atoms with Crippen LogP contribution in [-0.2, 0) is 10.5 Å². The Hall–Kier alpha value is -2.68. The zero-order valence-electron chi connectivity index (χ0n) is 12.2. The van der Waals surface area contributed by atoms with Crippen molar-refractivity contribution in [3.05, 3.63) is 52.3 Å². The summed E-state index contributed by atoms with van der Waals surface area (Å²) >= 11 is 1.46. The Kier molecular flexibility index (Phi) is 4.38. The largest absolute Gasteiger partial charge is 0.460 e. The molecule has 0 saturated carbocycles. The van der Waals surface area contributed by atoms with Crippen molar-refractivity contribution in [1.82, 2.24) is 24.6 Å². The average molecular weight is 331 g/mol. The number of rotatable bonds is 5. The number of fused-ring (bicyclic) bond motifs is 1. The second-order valence-electron chi connectivity index (χ2n) is 4.47. The molecule has 0 saturated heterocycles. The maximum atomic E-state index is 12.1. The molecule has 8 nitrogen and oxygen atoms in total. The molecule has 23 heavy (non-hydrogen) atoms. The van der Waals surface area contributed by atoms with Gasteiger partial charge in [-0.2, -0.15) is 9.50 Å². The van der Waals surface area contributed by atoms with E-state index < -0.39 is 5.97 Å². The van der Waals surface area contributed by atoms with Crippen molar-refractivity contribution in [2.24, 2.45) is 0 Å². The summed E-state index contributed by atoms with van der Waals surface area (Å²) in [6.07, 6.45) is 1.70. The van der Waals surface area contributed by atoms with Crippen molar-refractivity contribution in [2.45, 2.75) is 17.7 Å². The molecule has 9 heteroatoms. The molecule has 3 rings (SSSR count). The maximum absolute atomic E-state index is 12.1. The monoisotopic (exact) mass is 331 g/mol. The molecule has 3 aromatic rings. The molecule has 0 aliphatic heterocycles. The molecule has 0 unspecified atom stereocenters. The number of carbonyl (C=O) groups excluding carboxylic acids is 1. The number of aromatic amines is 1. The molecular weight excluding hydrogens is 318 g/mol. The maximum Gasteiger partial charge on any atom is 0.375 e. The van der Waals surface area contributed by atoms with Gasteiger partial charge in [-0.25, -0.2) is 14.8 Å². The fraction of sp³-hybridized carbons (Fsp3) is 0.214. The van der Waals surface area contributed by atoms with Gasteiger partial charge in [0.2, 0.25) is 5.82 Å². The Morgan fingerprint density at radius 2 is 2.26 bits per heavy atom. The predicted molar refractivity (Wildman–Crippen MR) is 83.4 cm³/mol. The van der Waals surface area contributed by atoms with Crippen LogP contribution < -0.4 is 5.56 Å². The third kappa shape index (κ3) is 3.39. The lowest BCUT2D eigenvalue weighted by Gasteiger charge is -2.00. The number of thioether (sulfide) groups is 1. The summed E-state index contributed by atoms with van der Waals surface area (Å²) in [7, 11) is 0. The number of nitrogens with one attached hydrogen (secondary N) is 1. The molecule has 118 valence electrons. The number of carbonyl (C=O) groups is 1. The van der Waals surface area contributed by atoms with Crippen molar-refractivity contribution in [3.8, 4) is 0 Å². The van der Waals surface area contributed by atoms with Gasteiger partial charge in [0.15, 0.2) is 0 Å². The molecule has 0 aliphatic carbocycles. The van der Waals surface area contributed by atoms with E-state index in [0.717, 1.165) is 9.54 Å². The smallest absolute Gasteiger partial charge is 0.375 e. The highest BCUT2D eigenvalue weighted by Crippen LogP contribution is 2.18. The second kappa shape index (κ2) is 6.61. The van der Waals surface area contributed by atoms with Crippen LogP contribution in [0, 0.1) is 0 Å². The SMILES string of the molecule is CCOC(=O)c1nc2nc(CSc3ccccn3)cc(=O)n2[nH]1. The number of H-pyrrole nitrogens is 1. The minimum absolute atomic E-state index is 0.0500. The summed E-state index contributed by atoms with van der Waals surface area (Å²) in [5.41, 5.74) is 0.224. The number of ether oxygens (including phenoxy) is 1. The van der Waals surface area contributed by atoms with E-state index in [1.807, 2.05) is 18.2 Å². The van der Waals surface area contributed by atoms with Gasteiger partial charge >= 0.3 is 5.97 Å².